The van der Waals surface area contributed by atoms with E-state index in [-0.39, 0.29) is 11.3 Å². The van der Waals surface area contributed by atoms with E-state index in [1.165, 1.54) is 5.56 Å². The van der Waals surface area contributed by atoms with Gasteiger partial charge >= 0.3 is 0 Å². The number of hydrogen-bond acceptors (Lipinski definition) is 1. The predicted octanol–water partition coefficient (Wildman–Crippen LogP) is 3.61. The van der Waals surface area contributed by atoms with Gasteiger partial charge in [-0.3, -0.25) is 4.79 Å². The Kier molecular flexibility index (Phi) is 4.80. The third-order valence-corrected chi connectivity index (χ3v) is 3.72. The zero-order valence-corrected chi connectivity index (χ0v) is 12.6. The van der Waals surface area contributed by atoms with Crippen LogP contribution in [-0.2, 0) is 0 Å². The maximum Gasteiger partial charge on any atom is 0.251 e. The summed E-state index contributed by atoms with van der Waals surface area (Å²) in [5.74, 6) is 0.516. The van der Waals surface area contributed by atoms with Crippen molar-refractivity contribution < 1.29 is 4.79 Å². The average molecular weight is 268 g/mol. The topological polar surface area (TPSA) is 29.1 Å². The zero-order chi connectivity index (χ0) is 13.9. The van der Waals surface area contributed by atoms with Gasteiger partial charge in [0.15, 0.2) is 0 Å². The van der Waals surface area contributed by atoms with Crippen LogP contribution in [0.2, 0.25) is 0 Å². The lowest BCUT2D eigenvalue weighted by Crippen LogP contribution is -2.35. The van der Waals surface area contributed by atoms with Gasteiger partial charge in [-0.25, -0.2) is 0 Å². The summed E-state index contributed by atoms with van der Waals surface area (Å²) in [5, 5.41) is 2.97. The lowest BCUT2D eigenvalue weighted by atomic mass is 9.95. The van der Waals surface area contributed by atoms with Crippen molar-refractivity contribution in [1.82, 2.24) is 5.32 Å². The van der Waals surface area contributed by atoms with E-state index in [0.29, 0.717) is 12.4 Å². The standard InChI is InChI=1S/C15H22ClNO/c1-10-6-11(2)13(12(3)7-10)14(18)17-9-15(4,5)8-16/h6-7H,8-9H2,1-5H3,(H,17,18). The lowest BCUT2D eigenvalue weighted by molar-refractivity contribution is 0.0938. The van der Waals surface area contributed by atoms with Crippen molar-refractivity contribution >= 4 is 17.5 Å². The molecule has 18 heavy (non-hydrogen) atoms. The van der Waals surface area contributed by atoms with Gasteiger partial charge in [0.2, 0.25) is 0 Å². The Morgan fingerprint density at radius 2 is 1.72 bits per heavy atom. The van der Waals surface area contributed by atoms with Gasteiger partial charge in [-0.1, -0.05) is 31.5 Å². The molecule has 0 spiro atoms. The van der Waals surface area contributed by atoms with E-state index in [1.807, 2.05) is 46.8 Å². The molecule has 1 rings (SSSR count). The van der Waals surface area contributed by atoms with Gasteiger partial charge in [-0.15, -0.1) is 11.6 Å². The first-order chi connectivity index (χ1) is 8.26. The van der Waals surface area contributed by atoms with E-state index in [4.69, 9.17) is 11.6 Å². The van der Waals surface area contributed by atoms with Crippen molar-refractivity contribution in [2.24, 2.45) is 5.41 Å². The van der Waals surface area contributed by atoms with Gasteiger partial charge in [-0.2, -0.15) is 0 Å². The van der Waals surface area contributed by atoms with Crippen LogP contribution in [0, 0.1) is 26.2 Å². The minimum absolute atomic E-state index is 0.0109. The fourth-order valence-electron chi connectivity index (χ4n) is 1.99. The Morgan fingerprint density at radius 1 is 1.22 bits per heavy atom. The van der Waals surface area contributed by atoms with Gasteiger partial charge in [0.05, 0.1) is 0 Å². The maximum atomic E-state index is 12.2. The van der Waals surface area contributed by atoms with Crippen LogP contribution in [0.15, 0.2) is 12.1 Å². The van der Waals surface area contributed by atoms with Crippen LogP contribution in [0.1, 0.15) is 40.9 Å². The van der Waals surface area contributed by atoms with E-state index in [1.54, 1.807) is 0 Å². The first-order valence-corrected chi connectivity index (χ1v) is 6.72. The molecule has 3 heteroatoms. The molecule has 0 aliphatic carbocycles. The summed E-state index contributed by atoms with van der Waals surface area (Å²) in [7, 11) is 0. The highest BCUT2D eigenvalue weighted by Gasteiger charge is 2.19. The lowest BCUT2D eigenvalue weighted by Gasteiger charge is -2.22. The van der Waals surface area contributed by atoms with Gasteiger partial charge in [0.25, 0.3) is 5.91 Å². The minimum atomic E-state index is -0.0796. The third-order valence-electron chi connectivity index (χ3n) is 2.99. The Balaban J connectivity index is 2.86. The van der Waals surface area contributed by atoms with E-state index >= 15 is 0 Å². The van der Waals surface area contributed by atoms with Crippen molar-refractivity contribution in [2.45, 2.75) is 34.6 Å². The minimum Gasteiger partial charge on any atom is -0.351 e. The molecule has 0 unspecified atom stereocenters. The molecule has 0 atom stereocenters. The van der Waals surface area contributed by atoms with E-state index in [9.17, 15) is 4.79 Å². The fraction of sp³-hybridized carbons (Fsp3) is 0.533. The first-order valence-electron chi connectivity index (χ1n) is 6.19. The Bertz CT molecular complexity index is 429. The first kappa shape index (κ1) is 15.0. The normalized spacial score (nSPS) is 11.4. The van der Waals surface area contributed by atoms with Crippen LogP contribution in [-0.4, -0.2) is 18.3 Å². The molecule has 1 N–H and O–H groups in total. The number of carbonyl (C=O) groups is 1. The molecule has 2 nitrogen and oxygen atoms in total. The number of amides is 1. The summed E-state index contributed by atoms with van der Waals surface area (Å²) in [4.78, 5) is 12.2. The quantitative estimate of drug-likeness (QED) is 0.830. The van der Waals surface area contributed by atoms with Crippen LogP contribution >= 0.6 is 11.6 Å². The average Bonchev–Trinajstić information content (AvgIpc) is 2.25. The van der Waals surface area contributed by atoms with Crippen molar-refractivity contribution in [1.29, 1.82) is 0 Å². The van der Waals surface area contributed by atoms with Gasteiger partial charge in [0, 0.05) is 18.0 Å². The summed E-state index contributed by atoms with van der Waals surface area (Å²) < 4.78 is 0. The largest absolute Gasteiger partial charge is 0.351 e. The van der Waals surface area contributed by atoms with Crippen LogP contribution in [0.3, 0.4) is 0 Å². The molecule has 1 aromatic carbocycles. The number of alkyl halides is 1. The predicted molar refractivity (Wildman–Crippen MR) is 77.5 cm³/mol. The van der Waals surface area contributed by atoms with E-state index < -0.39 is 0 Å². The van der Waals surface area contributed by atoms with Crippen LogP contribution in [0.4, 0.5) is 0 Å². The van der Waals surface area contributed by atoms with E-state index in [2.05, 4.69) is 5.32 Å². The molecule has 0 saturated carbocycles. The number of rotatable bonds is 4. The number of aryl methyl sites for hydroxylation is 3. The van der Waals surface area contributed by atoms with Gasteiger partial charge in [-0.05, 0) is 37.3 Å². The monoisotopic (exact) mass is 267 g/mol. The van der Waals surface area contributed by atoms with E-state index in [0.717, 1.165) is 16.7 Å². The van der Waals surface area contributed by atoms with Gasteiger partial charge < -0.3 is 5.32 Å². The molecule has 0 saturated heterocycles. The molecule has 0 aromatic heterocycles. The smallest absolute Gasteiger partial charge is 0.251 e. The number of carbonyl (C=O) groups excluding carboxylic acids is 1. The highest BCUT2D eigenvalue weighted by atomic mass is 35.5. The van der Waals surface area contributed by atoms with Crippen molar-refractivity contribution in [3.8, 4) is 0 Å². The molecule has 0 aliphatic rings. The number of halogens is 1. The summed E-state index contributed by atoms with van der Waals surface area (Å²) in [5.41, 5.74) is 3.93. The Labute approximate surface area is 115 Å². The number of hydrogen-bond donors (Lipinski definition) is 1. The SMILES string of the molecule is Cc1cc(C)c(C(=O)NCC(C)(C)CCl)c(C)c1. The fourth-order valence-corrected chi connectivity index (χ4v) is 2.09. The number of nitrogens with one attached hydrogen (secondary N) is 1. The zero-order valence-electron chi connectivity index (χ0n) is 11.9. The highest BCUT2D eigenvalue weighted by Crippen LogP contribution is 2.18. The van der Waals surface area contributed by atoms with Crippen LogP contribution in [0.25, 0.3) is 0 Å². The highest BCUT2D eigenvalue weighted by molar-refractivity contribution is 6.18. The molecular weight excluding hydrogens is 246 g/mol. The molecule has 0 heterocycles. The van der Waals surface area contributed by atoms with Gasteiger partial charge in [0.1, 0.15) is 0 Å². The van der Waals surface area contributed by atoms with Crippen LogP contribution < -0.4 is 5.32 Å². The van der Waals surface area contributed by atoms with Crippen molar-refractivity contribution in [3.63, 3.8) is 0 Å². The second-order valence-electron chi connectivity index (χ2n) is 5.75. The summed E-state index contributed by atoms with van der Waals surface area (Å²) in [6.07, 6.45) is 0. The summed E-state index contributed by atoms with van der Waals surface area (Å²) >= 11 is 5.85. The molecule has 100 valence electrons. The summed E-state index contributed by atoms with van der Waals surface area (Å²) in [6.45, 7) is 10.6. The molecule has 0 fully saturated rings. The molecule has 0 radical (unpaired) electrons. The Morgan fingerprint density at radius 3 is 2.17 bits per heavy atom. The summed E-state index contributed by atoms with van der Waals surface area (Å²) in [6, 6.07) is 4.07. The molecular formula is C15H22ClNO. The molecule has 0 bridgehead atoms. The number of benzene rings is 1. The van der Waals surface area contributed by atoms with Crippen molar-refractivity contribution in [2.75, 3.05) is 12.4 Å². The van der Waals surface area contributed by atoms with Crippen molar-refractivity contribution in [3.05, 3.63) is 34.4 Å². The molecule has 1 aromatic rings. The molecule has 0 aliphatic heterocycles. The van der Waals surface area contributed by atoms with Crippen LogP contribution in [0.5, 0.6) is 0 Å². The maximum absolute atomic E-state index is 12.2. The second kappa shape index (κ2) is 5.75. The molecule has 1 amide bonds. The third kappa shape index (κ3) is 3.74. The Hall–Kier alpha value is -1.02. The second-order valence-corrected chi connectivity index (χ2v) is 6.02.